The Hall–Kier alpha value is -3.08. The Morgan fingerprint density at radius 3 is 2.49 bits per heavy atom. The molecule has 1 saturated heterocycles. The summed E-state index contributed by atoms with van der Waals surface area (Å²) in [5, 5.41) is 3.17. The van der Waals surface area contributed by atoms with Crippen molar-refractivity contribution in [3.8, 4) is 5.75 Å². The maximum atomic E-state index is 13.7. The molecule has 2 aromatic carbocycles. The van der Waals surface area contributed by atoms with E-state index in [4.69, 9.17) is 24.5 Å². The molecule has 3 N–H and O–H groups in total. The van der Waals surface area contributed by atoms with Gasteiger partial charge in [0.25, 0.3) is 5.91 Å². The minimum absolute atomic E-state index is 0.100. The first-order valence-electron chi connectivity index (χ1n) is 15.1. The average Bonchev–Trinajstić information content (AvgIpc) is 3.23. The molecule has 4 rings (SSSR count). The largest absolute Gasteiger partial charge is 0.496 e. The lowest BCUT2D eigenvalue weighted by Crippen LogP contribution is -2.49. The summed E-state index contributed by atoms with van der Waals surface area (Å²) in [7, 11) is 4.77. The zero-order valence-electron chi connectivity index (χ0n) is 27.2. The number of fused-ring (bicyclic) bond motifs is 1. The average molecular weight is 594 g/mol. The number of nitrogens with zero attached hydrogens (tertiary/aromatic N) is 1. The lowest BCUT2D eigenvalue weighted by molar-refractivity contribution is -0.0238. The number of anilines is 1. The number of rotatable bonds is 9. The molecule has 3 atom stereocenters. The summed E-state index contributed by atoms with van der Waals surface area (Å²) >= 11 is 0. The van der Waals surface area contributed by atoms with Gasteiger partial charge in [-0.1, -0.05) is 32.0 Å². The first kappa shape index (κ1) is 32.8. The topological polar surface area (TPSA) is 112 Å². The molecule has 2 aliphatic rings. The number of carbonyl (C=O) groups excluding carboxylic acids is 2. The van der Waals surface area contributed by atoms with Gasteiger partial charge in [0, 0.05) is 17.8 Å². The highest BCUT2D eigenvalue weighted by Crippen LogP contribution is 2.47. The van der Waals surface area contributed by atoms with Crippen LogP contribution in [0.1, 0.15) is 92.6 Å². The molecule has 0 bridgehead atoms. The third-order valence-corrected chi connectivity index (χ3v) is 8.30. The van der Waals surface area contributed by atoms with Gasteiger partial charge in [0.1, 0.15) is 16.9 Å². The van der Waals surface area contributed by atoms with E-state index in [1.165, 1.54) is 7.11 Å². The maximum Gasteiger partial charge on any atom is 0.482 e. The summed E-state index contributed by atoms with van der Waals surface area (Å²) in [6.07, 6.45) is 2.95. The molecule has 10 heteroatoms. The number of nitrogens with one attached hydrogen (secondary N) is 1. The summed E-state index contributed by atoms with van der Waals surface area (Å²) < 4.78 is 24.6. The Balaban J connectivity index is 1.65. The van der Waals surface area contributed by atoms with E-state index in [1.54, 1.807) is 24.3 Å². The van der Waals surface area contributed by atoms with Crippen LogP contribution in [-0.2, 0) is 27.0 Å². The molecule has 0 radical (unpaired) electrons. The van der Waals surface area contributed by atoms with Crippen LogP contribution < -0.4 is 15.8 Å². The molecule has 234 valence electrons. The molecular weight excluding hydrogens is 545 g/mol. The predicted molar refractivity (Wildman–Crippen MR) is 169 cm³/mol. The van der Waals surface area contributed by atoms with Gasteiger partial charge in [0.15, 0.2) is 0 Å². The van der Waals surface area contributed by atoms with E-state index in [0.717, 1.165) is 30.4 Å². The molecule has 43 heavy (non-hydrogen) atoms. The van der Waals surface area contributed by atoms with Gasteiger partial charge in [-0.3, -0.25) is 4.79 Å². The van der Waals surface area contributed by atoms with Crippen LogP contribution in [0.25, 0.3) is 0 Å². The second-order valence-electron chi connectivity index (χ2n) is 14.2. The van der Waals surface area contributed by atoms with Crippen molar-refractivity contribution in [1.29, 1.82) is 0 Å². The Bertz CT molecular complexity index is 1340. The number of methoxy groups -OCH3 is 1. The Morgan fingerprint density at radius 2 is 1.86 bits per heavy atom. The normalized spacial score (nSPS) is 22.2. The molecule has 1 saturated carbocycles. The zero-order valence-corrected chi connectivity index (χ0v) is 27.2. The molecule has 2 aromatic rings. The number of amides is 1. The number of nitrogens with two attached hydrogens (primary N) is 1. The van der Waals surface area contributed by atoms with Gasteiger partial charge in [0.05, 0.1) is 24.8 Å². The second-order valence-corrected chi connectivity index (χ2v) is 14.2. The van der Waals surface area contributed by atoms with E-state index in [1.807, 2.05) is 51.9 Å². The quantitative estimate of drug-likeness (QED) is 0.236. The van der Waals surface area contributed by atoms with Gasteiger partial charge < -0.3 is 34.7 Å². The van der Waals surface area contributed by atoms with Crippen molar-refractivity contribution in [2.24, 2.45) is 5.41 Å². The molecule has 1 heterocycles. The van der Waals surface area contributed by atoms with Crippen LogP contribution in [0, 0.1) is 5.41 Å². The summed E-state index contributed by atoms with van der Waals surface area (Å²) in [5.41, 5.74) is 8.33. The Labute approximate surface area is 256 Å². The molecule has 1 amide bonds. The van der Waals surface area contributed by atoms with Crippen LogP contribution in [0.3, 0.4) is 0 Å². The zero-order chi connectivity index (χ0) is 31.7. The van der Waals surface area contributed by atoms with Crippen molar-refractivity contribution in [2.45, 2.75) is 97.0 Å². The molecule has 0 spiro atoms. The number of nitrogen functional groups attached to an aromatic ring is 1. The van der Waals surface area contributed by atoms with Gasteiger partial charge in [0.2, 0.25) is 0 Å². The number of hydrogen-bond donors (Lipinski definition) is 2. The Kier molecular flexibility index (Phi) is 9.54. The highest BCUT2D eigenvalue weighted by atomic mass is 16.7. The van der Waals surface area contributed by atoms with Gasteiger partial charge in [-0.25, -0.2) is 4.79 Å². The lowest BCUT2D eigenvalue weighted by atomic mass is 9.70. The maximum absolute atomic E-state index is 13.7. The van der Waals surface area contributed by atoms with Crippen molar-refractivity contribution in [3.05, 3.63) is 58.7 Å². The van der Waals surface area contributed by atoms with Crippen molar-refractivity contribution in [2.75, 3.05) is 26.9 Å². The van der Waals surface area contributed by atoms with E-state index < -0.39 is 30.2 Å². The van der Waals surface area contributed by atoms with Gasteiger partial charge in [-0.2, -0.15) is 0 Å². The van der Waals surface area contributed by atoms with E-state index in [-0.39, 0.29) is 17.4 Å². The fourth-order valence-electron chi connectivity index (χ4n) is 5.93. The summed E-state index contributed by atoms with van der Waals surface area (Å²) in [4.78, 5) is 28.8. The number of para-hydroxylation sites is 1. The molecule has 9 nitrogen and oxygen atoms in total. The summed E-state index contributed by atoms with van der Waals surface area (Å²) in [6.45, 7) is 12.7. The van der Waals surface area contributed by atoms with Crippen molar-refractivity contribution in [3.63, 3.8) is 0 Å². The van der Waals surface area contributed by atoms with E-state index in [9.17, 15) is 9.59 Å². The fraction of sp³-hybridized carbons (Fsp3) is 0.576. The van der Waals surface area contributed by atoms with Crippen molar-refractivity contribution < 1.29 is 28.4 Å². The second kappa shape index (κ2) is 12.5. The van der Waals surface area contributed by atoms with Crippen molar-refractivity contribution >= 4 is 24.7 Å². The highest BCUT2D eigenvalue weighted by molar-refractivity contribution is 6.48. The molecule has 1 aliphatic carbocycles. The minimum atomic E-state index is -0.701. The van der Waals surface area contributed by atoms with E-state index >= 15 is 0 Å². The first-order valence-corrected chi connectivity index (χ1v) is 15.1. The molecule has 2 fully saturated rings. The van der Waals surface area contributed by atoms with Crippen molar-refractivity contribution in [1.82, 2.24) is 10.2 Å². The fourth-order valence-corrected chi connectivity index (χ4v) is 5.93. The van der Waals surface area contributed by atoms with Gasteiger partial charge >= 0.3 is 13.1 Å². The third kappa shape index (κ3) is 7.91. The predicted octanol–water partition coefficient (Wildman–Crippen LogP) is 5.05. The summed E-state index contributed by atoms with van der Waals surface area (Å²) in [5.74, 6) is -0.948. The van der Waals surface area contributed by atoms with Crippen LogP contribution in [0.2, 0.25) is 0 Å². The van der Waals surface area contributed by atoms with E-state index in [0.29, 0.717) is 35.5 Å². The Morgan fingerprint density at radius 1 is 1.14 bits per heavy atom. The number of esters is 1. The molecular formula is C33H48BN3O6. The number of benzene rings is 2. The number of hydrogen-bond acceptors (Lipinski definition) is 8. The highest BCUT2D eigenvalue weighted by Gasteiger charge is 2.55. The SMILES string of the molecule is COc1c(C[C@H](NC(=O)c2ccc(CN(C)C)c(N)c2)B2OC3CC(C)(C)CCC3(C)O2)cccc1C(=O)OC(C)(C)C. The lowest BCUT2D eigenvalue weighted by Gasteiger charge is -2.42. The van der Waals surface area contributed by atoms with Crippen LogP contribution in [0.4, 0.5) is 5.69 Å². The van der Waals surface area contributed by atoms with Gasteiger partial charge in [-0.05, 0) is 102 Å². The van der Waals surface area contributed by atoms with Crippen LogP contribution in [0.15, 0.2) is 36.4 Å². The summed E-state index contributed by atoms with van der Waals surface area (Å²) in [6, 6.07) is 10.7. The van der Waals surface area contributed by atoms with Gasteiger partial charge in [-0.15, -0.1) is 0 Å². The van der Waals surface area contributed by atoms with Crippen LogP contribution >= 0.6 is 0 Å². The van der Waals surface area contributed by atoms with E-state index in [2.05, 4.69) is 26.1 Å². The molecule has 2 unspecified atom stereocenters. The first-order chi connectivity index (χ1) is 20.0. The smallest absolute Gasteiger partial charge is 0.482 e. The molecule has 0 aromatic heterocycles. The van der Waals surface area contributed by atoms with Crippen LogP contribution in [0.5, 0.6) is 5.75 Å². The number of ether oxygens (including phenoxy) is 2. The molecule has 1 aliphatic heterocycles. The minimum Gasteiger partial charge on any atom is -0.496 e. The van der Waals surface area contributed by atoms with Crippen LogP contribution in [-0.4, -0.2) is 68.3 Å². The number of carbonyl (C=O) groups is 2. The monoisotopic (exact) mass is 593 g/mol. The standard InChI is InChI=1S/C33H48BN3O6/c1-31(2,3)41-30(39)24-12-10-11-21(28(24)40-9)18-27(34-42-26-19-32(4,5)15-16-33(26,6)43-34)36-29(38)22-13-14-23(20-37(7)8)25(35)17-22/h10-14,17,26-27H,15-16,18-20,35H2,1-9H3,(H,36,38)/t26?,27-,33?/m0/s1. The third-order valence-electron chi connectivity index (χ3n) is 8.30.